The van der Waals surface area contributed by atoms with E-state index in [-0.39, 0.29) is 11.7 Å². The molecule has 0 spiro atoms. The summed E-state index contributed by atoms with van der Waals surface area (Å²) in [6.07, 6.45) is 0. The summed E-state index contributed by atoms with van der Waals surface area (Å²) >= 11 is 1.51. The summed E-state index contributed by atoms with van der Waals surface area (Å²) in [7, 11) is 0. The summed E-state index contributed by atoms with van der Waals surface area (Å²) in [6.45, 7) is 6.33. The summed E-state index contributed by atoms with van der Waals surface area (Å²) in [5.74, 6) is 0.0293. The molecule has 0 atom stereocenters. The molecular weight excluding hydrogens is 352 g/mol. The standard InChI is InChI=1S/C18H20N4O3S/c1-13-12-15(25-20-13)17(23)22(7-6-21-8-10-24-11-9-21)18-19-14-4-2-3-5-16(14)26-18/h2-5,12H,6-11H2,1H3. The molecule has 1 fully saturated rings. The third kappa shape index (κ3) is 3.62. The lowest BCUT2D eigenvalue weighted by molar-refractivity contribution is 0.0390. The van der Waals surface area contributed by atoms with Gasteiger partial charge in [-0.3, -0.25) is 14.6 Å². The van der Waals surface area contributed by atoms with E-state index in [2.05, 4.69) is 15.0 Å². The summed E-state index contributed by atoms with van der Waals surface area (Å²) in [5.41, 5.74) is 1.58. The topological polar surface area (TPSA) is 71.7 Å². The number of para-hydroxylation sites is 1. The fourth-order valence-corrected chi connectivity index (χ4v) is 3.91. The Balaban J connectivity index is 1.60. The second-order valence-electron chi connectivity index (χ2n) is 6.21. The van der Waals surface area contributed by atoms with Gasteiger partial charge in [0.2, 0.25) is 5.76 Å². The minimum absolute atomic E-state index is 0.210. The first-order valence-electron chi connectivity index (χ1n) is 8.61. The van der Waals surface area contributed by atoms with Gasteiger partial charge in [0.25, 0.3) is 5.91 Å². The molecule has 3 aromatic rings. The highest BCUT2D eigenvalue weighted by molar-refractivity contribution is 7.22. The molecule has 1 saturated heterocycles. The highest BCUT2D eigenvalue weighted by Gasteiger charge is 2.25. The first-order chi connectivity index (χ1) is 12.7. The number of ether oxygens (including phenoxy) is 1. The molecule has 0 unspecified atom stereocenters. The molecule has 7 nitrogen and oxygen atoms in total. The molecule has 3 heterocycles. The molecule has 1 amide bonds. The summed E-state index contributed by atoms with van der Waals surface area (Å²) in [4.78, 5) is 21.7. The molecule has 2 aromatic heterocycles. The fourth-order valence-electron chi connectivity index (χ4n) is 2.92. The van der Waals surface area contributed by atoms with Crippen LogP contribution in [0.5, 0.6) is 0 Å². The monoisotopic (exact) mass is 372 g/mol. The van der Waals surface area contributed by atoms with Gasteiger partial charge in [-0.25, -0.2) is 4.98 Å². The predicted octanol–water partition coefficient (Wildman–Crippen LogP) is 2.57. The van der Waals surface area contributed by atoms with E-state index in [1.165, 1.54) is 11.3 Å². The number of amides is 1. The number of fused-ring (bicyclic) bond motifs is 1. The zero-order valence-electron chi connectivity index (χ0n) is 14.6. The minimum Gasteiger partial charge on any atom is -0.379 e. The van der Waals surface area contributed by atoms with Crippen LogP contribution < -0.4 is 4.90 Å². The first kappa shape index (κ1) is 17.1. The van der Waals surface area contributed by atoms with Crippen molar-refractivity contribution in [3.8, 4) is 0 Å². The fraction of sp³-hybridized carbons (Fsp3) is 0.389. The van der Waals surface area contributed by atoms with E-state index in [0.29, 0.717) is 17.4 Å². The van der Waals surface area contributed by atoms with Crippen LogP contribution in [0.4, 0.5) is 5.13 Å². The van der Waals surface area contributed by atoms with Crippen LogP contribution in [0.1, 0.15) is 16.2 Å². The average Bonchev–Trinajstić information content (AvgIpc) is 3.28. The Labute approximate surface area is 155 Å². The van der Waals surface area contributed by atoms with E-state index in [1.807, 2.05) is 24.3 Å². The maximum absolute atomic E-state index is 13.0. The zero-order chi connectivity index (χ0) is 17.9. The lowest BCUT2D eigenvalue weighted by Gasteiger charge is -2.28. The van der Waals surface area contributed by atoms with Crippen molar-refractivity contribution in [3.05, 3.63) is 41.8 Å². The number of aryl methyl sites for hydroxylation is 1. The number of nitrogens with zero attached hydrogens (tertiary/aromatic N) is 4. The van der Waals surface area contributed by atoms with E-state index in [4.69, 9.17) is 9.26 Å². The molecule has 4 rings (SSSR count). The maximum Gasteiger partial charge on any atom is 0.298 e. The lowest BCUT2D eigenvalue weighted by Crippen LogP contribution is -2.43. The maximum atomic E-state index is 13.0. The largest absolute Gasteiger partial charge is 0.379 e. The molecule has 0 aliphatic carbocycles. The second-order valence-corrected chi connectivity index (χ2v) is 7.22. The molecule has 1 aliphatic rings. The Morgan fingerprint density at radius 1 is 1.31 bits per heavy atom. The van der Waals surface area contributed by atoms with Crippen LogP contribution in [-0.2, 0) is 4.74 Å². The molecule has 0 saturated carbocycles. The third-order valence-electron chi connectivity index (χ3n) is 4.34. The van der Waals surface area contributed by atoms with Crippen LogP contribution in [0, 0.1) is 6.92 Å². The molecule has 0 radical (unpaired) electrons. The number of aromatic nitrogens is 2. The van der Waals surface area contributed by atoms with Gasteiger partial charge in [-0.1, -0.05) is 28.6 Å². The van der Waals surface area contributed by atoms with Crippen molar-refractivity contribution in [1.29, 1.82) is 0 Å². The number of anilines is 1. The Hall–Kier alpha value is -2.29. The van der Waals surface area contributed by atoms with E-state index in [0.717, 1.165) is 43.1 Å². The van der Waals surface area contributed by atoms with Gasteiger partial charge in [0.15, 0.2) is 5.13 Å². The van der Waals surface area contributed by atoms with Crippen LogP contribution in [-0.4, -0.2) is 60.3 Å². The number of carbonyl (C=O) groups excluding carboxylic acids is 1. The van der Waals surface area contributed by atoms with Crippen LogP contribution in [0.3, 0.4) is 0 Å². The smallest absolute Gasteiger partial charge is 0.298 e. The van der Waals surface area contributed by atoms with Gasteiger partial charge >= 0.3 is 0 Å². The molecule has 0 bridgehead atoms. The minimum atomic E-state index is -0.210. The number of carbonyl (C=O) groups is 1. The van der Waals surface area contributed by atoms with Gasteiger partial charge in [-0.2, -0.15) is 0 Å². The number of thiazole rings is 1. The van der Waals surface area contributed by atoms with Crippen molar-refractivity contribution in [2.75, 3.05) is 44.3 Å². The Kier molecular flexibility index (Phi) is 4.96. The van der Waals surface area contributed by atoms with E-state index in [1.54, 1.807) is 17.9 Å². The zero-order valence-corrected chi connectivity index (χ0v) is 15.4. The molecular formula is C18H20N4O3S. The Morgan fingerprint density at radius 3 is 2.85 bits per heavy atom. The molecule has 1 aromatic carbocycles. The van der Waals surface area contributed by atoms with Crippen molar-refractivity contribution in [2.45, 2.75) is 6.92 Å². The number of hydrogen-bond donors (Lipinski definition) is 0. The summed E-state index contributed by atoms with van der Waals surface area (Å²) in [6, 6.07) is 9.56. The van der Waals surface area contributed by atoms with Crippen molar-refractivity contribution >= 4 is 32.6 Å². The normalized spacial score (nSPS) is 15.4. The van der Waals surface area contributed by atoms with Crippen molar-refractivity contribution < 1.29 is 14.1 Å². The first-order valence-corrected chi connectivity index (χ1v) is 9.43. The highest BCUT2D eigenvalue weighted by atomic mass is 32.1. The van der Waals surface area contributed by atoms with Crippen molar-refractivity contribution in [1.82, 2.24) is 15.0 Å². The summed E-state index contributed by atoms with van der Waals surface area (Å²) < 4.78 is 11.6. The van der Waals surface area contributed by atoms with E-state index in [9.17, 15) is 4.79 Å². The summed E-state index contributed by atoms with van der Waals surface area (Å²) in [5, 5.41) is 4.52. The molecule has 26 heavy (non-hydrogen) atoms. The quantitative estimate of drug-likeness (QED) is 0.685. The lowest BCUT2D eigenvalue weighted by atomic mass is 10.3. The highest BCUT2D eigenvalue weighted by Crippen LogP contribution is 2.29. The number of hydrogen-bond acceptors (Lipinski definition) is 7. The average molecular weight is 372 g/mol. The van der Waals surface area contributed by atoms with Gasteiger partial charge in [0.05, 0.1) is 29.1 Å². The van der Waals surface area contributed by atoms with Gasteiger partial charge in [-0.05, 0) is 19.1 Å². The van der Waals surface area contributed by atoms with Gasteiger partial charge in [-0.15, -0.1) is 0 Å². The van der Waals surface area contributed by atoms with Gasteiger partial charge < -0.3 is 9.26 Å². The van der Waals surface area contributed by atoms with Crippen molar-refractivity contribution in [3.63, 3.8) is 0 Å². The number of benzene rings is 1. The SMILES string of the molecule is Cc1cc(C(=O)N(CCN2CCOCC2)c2nc3ccccc3s2)on1. The molecule has 1 aliphatic heterocycles. The molecule has 0 N–H and O–H groups in total. The third-order valence-corrected chi connectivity index (χ3v) is 5.40. The predicted molar refractivity (Wildman–Crippen MR) is 99.8 cm³/mol. The van der Waals surface area contributed by atoms with Crippen molar-refractivity contribution in [2.24, 2.45) is 0 Å². The van der Waals surface area contributed by atoms with Gasteiger partial charge in [0, 0.05) is 32.2 Å². The van der Waals surface area contributed by atoms with Crippen LogP contribution >= 0.6 is 11.3 Å². The number of rotatable bonds is 5. The van der Waals surface area contributed by atoms with Crippen LogP contribution in [0.25, 0.3) is 10.2 Å². The van der Waals surface area contributed by atoms with Crippen LogP contribution in [0.2, 0.25) is 0 Å². The molecule has 136 valence electrons. The van der Waals surface area contributed by atoms with E-state index < -0.39 is 0 Å². The Morgan fingerprint density at radius 2 is 2.12 bits per heavy atom. The van der Waals surface area contributed by atoms with Gasteiger partial charge in [0.1, 0.15) is 0 Å². The van der Waals surface area contributed by atoms with E-state index >= 15 is 0 Å². The van der Waals surface area contributed by atoms with Crippen LogP contribution in [0.15, 0.2) is 34.9 Å². The number of morpholine rings is 1. The molecule has 8 heteroatoms. The second kappa shape index (κ2) is 7.53. The Bertz CT molecular complexity index is 868.